The summed E-state index contributed by atoms with van der Waals surface area (Å²) >= 11 is 0. The number of rotatable bonds is 7. The lowest BCUT2D eigenvalue weighted by molar-refractivity contribution is 0.0663. The van der Waals surface area contributed by atoms with Gasteiger partial charge in [0.05, 0.1) is 18.4 Å². The summed E-state index contributed by atoms with van der Waals surface area (Å²) in [6, 6.07) is 5.76. The van der Waals surface area contributed by atoms with Gasteiger partial charge in [0.2, 0.25) is 5.95 Å². The summed E-state index contributed by atoms with van der Waals surface area (Å²) in [6.07, 6.45) is 3.37. The Bertz CT molecular complexity index is 958. The van der Waals surface area contributed by atoms with Crippen molar-refractivity contribution in [1.82, 2.24) is 19.8 Å². The zero-order valence-corrected chi connectivity index (χ0v) is 20.4. The van der Waals surface area contributed by atoms with Gasteiger partial charge in [0.25, 0.3) is 5.91 Å². The zero-order valence-electron chi connectivity index (χ0n) is 19.3. The van der Waals surface area contributed by atoms with Crippen molar-refractivity contribution in [2.24, 2.45) is 0 Å². The number of benzene rings is 1. The second-order valence-corrected chi connectivity index (χ2v) is 9.39. The van der Waals surface area contributed by atoms with Gasteiger partial charge in [-0.15, -0.1) is 0 Å². The largest absolute Gasteiger partial charge is 0.495 e. The van der Waals surface area contributed by atoms with Crippen molar-refractivity contribution in [2.75, 3.05) is 52.0 Å². The molecule has 1 amide bonds. The van der Waals surface area contributed by atoms with Crippen LogP contribution in [0.5, 0.6) is 5.75 Å². The number of halogens is 1. The highest BCUT2D eigenvalue weighted by atomic mass is 31.0. The molecule has 174 valence electrons. The Kier molecular flexibility index (Phi) is 7.51. The number of ether oxygens (including phenoxy) is 1. The van der Waals surface area contributed by atoms with E-state index in [9.17, 15) is 9.18 Å². The average Bonchev–Trinajstić information content (AvgIpc) is 2.78. The maximum Gasteiger partial charge on any atom is 0.253 e. The Hall–Kier alpha value is -2.51. The third-order valence-corrected chi connectivity index (χ3v) is 6.04. The molecule has 1 aromatic carbocycles. The predicted molar refractivity (Wildman–Crippen MR) is 129 cm³/mol. The van der Waals surface area contributed by atoms with Gasteiger partial charge in [-0.25, -0.2) is 9.37 Å². The molecule has 1 aliphatic rings. The summed E-state index contributed by atoms with van der Waals surface area (Å²) in [6.45, 7) is 2.90. The number of carbonyl (C=O) groups is 1. The van der Waals surface area contributed by atoms with Gasteiger partial charge in [-0.05, 0) is 52.1 Å². The first-order chi connectivity index (χ1) is 15.1. The third kappa shape index (κ3) is 5.45. The molecule has 2 heterocycles. The zero-order chi connectivity index (χ0) is 23.5. The van der Waals surface area contributed by atoms with Crippen molar-refractivity contribution in [3.05, 3.63) is 35.5 Å². The first-order valence-electron chi connectivity index (χ1n) is 10.6. The van der Waals surface area contributed by atoms with Gasteiger partial charge in [-0.2, -0.15) is 4.98 Å². The molecule has 2 atom stereocenters. The summed E-state index contributed by atoms with van der Waals surface area (Å²) in [5.41, 5.74) is 1.51. The van der Waals surface area contributed by atoms with E-state index < -0.39 is 5.41 Å². The quantitative estimate of drug-likeness (QED) is 0.610. The van der Waals surface area contributed by atoms with E-state index in [0.717, 1.165) is 25.9 Å². The van der Waals surface area contributed by atoms with Crippen LogP contribution >= 0.6 is 9.24 Å². The van der Waals surface area contributed by atoms with Crippen LogP contribution in [-0.4, -0.2) is 73.1 Å². The number of methoxy groups -OCH3 is 1. The van der Waals surface area contributed by atoms with Crippen molar-refractivity contribution in [3.8, 4) is 5.75 Å². The molecule has 1 saturated heterocycles. The number of alkyl halides is 1. The second kappa shape index (κ2) is 9.96. The molecule has 1 aliphatic heterocycles. The van der Waals surface area contributed by atoms with E-state index in [4.69, 9.17) is 4.74 Å². The molecule has 3 rings (SSSR count). The van der Waals surface area contributed by atoms with E-state index in [1.165, 1.54) is 13.1 Å². The minimum atomic E-state index is -1.66. The maximum atomic E-state index is 14.3. The second-order valence-electron chi connectivity index (χ2n) is 8.31. The maximum absolute atomic E-state index is 14.3. The van der Waals surface area contributed by atoms with Gasteiger partial charge >= 0.3 is 0 Å². The molecule has 2 unspecified atom stereocenters. The van der Waals surface area contributed by atoms with Crippen molar-refractivity contribution < 1.29 is 13.9 Å². The number of hydrogen-bond acceptors (Lipinski definition) is 7. The van der Waals surface area contributed by atoms with E-state index >= 15 is 0 Å². The lowest BCUT2D eigenvalue weighted by Gasteiger charge is -2.35. The fourth-order valence-corrected chi connectivity index (χ4v) is 4.02. The highest BCUT2D eigenvalue weighted by molar-refractivity contribution is 7.18. The number of likely N-dealkylation sites (tertiary alicyclic amines) is 1. The van der Waals surface area contributed by atoms with Crippen LogP contribution in [0.4, 0.5) is 21.8 Å². The molecular formula is C22H32FN6O2P. The molecular weight excluding hydrogens is 430 g/mol. The van der Waals surface area contributed by atoms with E-state index in [-0.39, 0.29) is 11.9 Å². The number of amides is 1. The van der Waals surface area contributed by atoms with Crippen molar-refractivity contribution in [2.45, 2.75) is 31.2 Å². The molecule has 2 aromatic rings. The van der Waals surface area contributed by atoms with Gasteiger partial charge in [0.15, 0.2) is 5.41 Å². The molecule has 10 heteroatoms. The van der Waals surface area contributed by atoms with Crippen LogP contribution in [0, 0.1) is 0 Å². The minimum absolute atomic E-state index is 0.00666. The highest BCUT2D eigenvalue weighted by Gasteiger charge is 2.26. The average molecular weight is 463 g/mol. The molecule has 1 fully saturated rings. The van der Waals surface area contributed by atoms with Gasteiger partial charge in [0, 0.05) is 37.9 Å². The first kappa shape index (κ1) is 24.1. The fraction of sp³-hybridized carbons (Fsp3) is 0.500. The topological polar surface area (TPSA) is 82.6 Å². The van der Waals surface area contributed by atoms with Crippen LogP contribution in [0.25, 0.3) is 0 Å². The Morgan fingerprint density at radius 3 is 2.59 bits per heavy atom. The molecule has 0 saturated carbocycles. The lowest BCUT2D eigenvalue weighted by Crippen LogP contribution is -2.44. The minimum Gasteiger partial charge on any atom is -0.495 e. The van der Waals surface area contributed by atoms with Crippen LogP contribution in [-0.2, 0) is 5.41 Å². The van der Waals surface area contributed by atoms with Gasteiger partial charge in [0.1, 0.15) is 11.6 Å². The number of piperidine rings is 1. The number of aromatic nitrogens is 2. The van der Waals surface area contributed by atoms with E-state index in [2.05, 4.69) is 48.8 Å². The standard InChI is InChI=1S/C22H32FN6O2P/c1-22(23,32)16-13-25-21(27-19(16)24-2)26-17-7-6-14(12-18(17)31-5)20(30)29-10-8-15(9-11-29)28(3)4/h6-7,12-13,15H,8-11,32H2,1-5H3,(H2,24,25,26,27). The molecule has 0 bridgehead atoms. The number of anilines is 3. The van der Waals surface area contributed by atoms with Crippen LogP contribution in [0.2, 0.25) is 0 Å². The summed E-state index contributed by atoms with van der Waals surface area (Å²) in [7, 11) is 9.51. The normalized spacial score (nSPS) is 16.6. The predicted octanol–water partition coefficient (Wildman–Crippen LogP) is 3.45. The Labute approximate surface area is 191 Å². The van der Waals surface area contributed by atoms with Crippen LogP contribution < -0.4 is 15.4 Å². The highest BCUT2D eigenvalue weighted by Crippen LogP contribution is 2.37. The van der Waals surface area contributed by atoms with Gasteiger partial charge in [-0.3, -0.25) is 4.79 Å². The molecule has 0 spiro atoms. The van der Waals surface area contributed by atoms with Gasteiger partial charge in [-0.1, -0.05) is 9.24 Å². The summed E-state index contributed by atoms with van der Waals surface area (Å²) in [5, 5.41) is 4.34. The van der Waals surface area contributed by atoms with E-state index in [1.807, 2.05) is 4.90 Å². The Balaban J connectivity index is 1.77. The number of nitrogens with one attached hydrogen (secondary N) is 2. The van der Waals surface area contributed by atoms with Gasteiger partial charge < -0.3 is 25.2 Å². The smallest absolute Gasteiger partial charge is 0.253 e. The SMILES string of the molecule is CNc1nc(Nc2ccc(C(=O)N3CCC(N(C)C)CC3)cc2OC)ncc1C(C)(F)P. The first-order valence-corrected chi connectivity index (χ1v) is 11.2. The monoisotopic (exact) mass is 462 g/mol. The number of carbonyl (C=O) groups excluding carboxylic acids is 1. The molecule has 32 heavy (non-hydrogen) atoms. The van der Waals surface area contributed by atoms with Crippen LogP contribution in [0.1, 0.15) is 35.7 Å². The molecule has 2 N–H and O–H groups in total. The summed E-state index contributed by atoms with van der Waals surface area (Å²) < 4.78 is 19.8. The van der Waals surface area contributed by atoms with Crippen molar-refractivity contribution in [1.29, 1.82) is 0 Å². The Morgan fingerprint density at radius 1 is 1.34 bits per heavy atom. The summed E-state index contributed by atoms with van der Waals surface area (Å²) in [5.74, 6) is 1.16. The molecule has 1 aromatic heterocycles. The lowest BCUT2D eigenvalue weighted by atomic mass is 10.0. The third-order valence-electron chi connectivity index (χ3n) is 5.73. The van der Waals surface area contributed by atoms with Crippen molar-refractivity contribution in [3.63, 3.8) is 0 Å². The van der Waals surface area contributed by atoms with Crippen LogP contribution in [0.15, 0.2) is 24.4 Å². The van der Waals surface area contributed by atoms with E-state index in [1.54, 1.807) is 32.4 Å². The molecule has 0 radical (unpaired) electrons. The fourth-order valence-electron chi connectivity index (χ4n) is 3.81. The number of hydrogen-bond donors (Lipinski definition) is 2. The Morgan fingerprint density at radius 2 is 2.03 bits per heavy atom. The van der Waals surface area contributed by atoms with E-state index in [0.29, 0.717) is 34.4 Å². The summed E-state index contributed by atoms with van der Waals surface area (Å²) in [4.78, 5) is 25.7. The van der Waals surface area contributed by atoms with Crippen LogP contribution in [0.3, 0.4) is 0 Å². The molecule has 8 nitrogen and oxygen atoms in total. The molecule has 0 aliphatic carbocycles. The van der Waals surface area contributed by atoms with Crippen molar-refractivity contribution >= 4 is 32.6 Å². The number of nitrogens with zero attached hydrogens (tertiary/aromatic N) is 4.